The van der Waals surface area contributed by atoms with Gasteiger partial charge in [0, 0.05) is 7.05 Å². The number of rotatable bonds is 5. The Morgan fingerprint density at radius 1 is 0.912 bits per heavy atom. The van der Waals surface area contributed by atoms with Gasteiger partial charge in [0.1, 0.15) is 23.0 Å². The lowest BCUT2D eigenvalue weighted by molar-refractivity contribution is 0.0477. The summed E-state index contributed by atoms with van der Waals surface area (Å²) in [4.78, 5) is 65.3. The van der Waals surface area contributed by atoms with E-state index in [2.05, 4.69) is 0 Å². The van der Waals surface area contributed by atoms with Crippen LogP contribution in [0.2, 0.25) is 0 Å². The van der Waals surface area contributed by atoms with Gasteiger partial charge in [-0.3, -0.25) is 23.9 Å². The average molecular weight is 475 g/mol. The molecule has 2 amide bonds. The van der Waals surface area contributed by atoms with E-state index in [9.17, 15) is 24.0 Å². The zero-order chi connectivity index (χ0) is 24.0. The van der Waals surface area contributed by atoms with Gasteiger partial charge >= 0.3 is 11.7 Å². The minimum Gasteiger partial charge on any atom is -0.457 e. The molecule has 0 N–H and O–H groups in total. The number of aryl methyl sites for hydroxylation is 1. The molecule has 10 heteroatoms. The molecule has 0 fully saturated rings. The first kappa shape index (κ1) is 21.5. The summed E-state index contributed by atoms with van der Waals surface area (Å²) in [6.07, 6.45) is 0. The maximum absolute atomic E-state index is 13.1. The highest BCUT2D eigenvalue weighted by Crippen LogP contribution is 2.24. The second-order valence-corrected chi connectivity index (χ2v) is 8.72. The van der Waals surface area contributed by atoms with Crippen LogP contribution in [-0.4, -0.2) is 31.8 Å². The van der Waals surface area contributed by atoms with Gasteiger partial charge in [0.2, 0.25) is 0 Å². The third kappa shape index (κ3) is 3.44. The van der Waals surface area contributed by atoms with Gasteiger partial charge in [0.25, 0.3) is 17.4 Å². The predicted molar refractivity (Wildman–Crippen MR) is 124 cm³/mol. The summed E-state index contributed by atoms with van der Waals surface area (Å²) in [6.45, 7) is -0.464. The fourth-order valence-electron chi connectivity index (χ4n) is 3.81. The zero-order valence-electron chi connectivity index (χ0n) is 17.9. The van der Waals surface area contributed by atoms with Crippen LogP contribution >= 0.6 is 11.3 Å². The molecule has 1 aliphatic heterocycles. The molecule has 4 aromatic rings. The fourth-order valence-corrected chi connectivity index (χ4v) is 4.81. The number of hydrogen-bond donors (Lipinski definition) is 0. The number of nitrogens with zero attached hydrogens (tertiary/aromatic N) is 3. The van der Waals surface area contributed by atoms with Crippen molar-refractivity contribution < 1.29 is 19.1 Å². The molecule has 0 atom stereocenters. The largest absolute Gasteiger partial charge is 0.457 e. The Bertz CT molecular complexity index is 1560. The normalized spacial score (nSPS) is 12.9. The Kier molecular flexibility index (Phi) is 5.21. The Hall–Kier alpha value is -4.31. The van der Waals surface area contributed by atoms with Gasteiger partial charge in [-0.15, -0.1) is 11.3 Å². The van der Waals surface area contributed by atoms with Crippen LogP contribution in [0.4, 0.5) is 0 Å². The van der Waals surface area contributed by atoms with Crippen LogP contribution in [0, 0.1) is 0 Å². The first-order valence-electron chi connectivity index (χ1n) is 10.3. The number of benzene rings is 2. The molecule has 2 aromatic carbocycles. The van der Waals surface area contributed by atoms with E-state index in [0.717, 1.165) is 26.4 Å². The van der Waals surface area contributed by atoms with Gasteiger partial charge in [-0.25, -0.2) is 14.2 Å². The predicted octanol–water partition coefficient (Wildman–Crippen LogP) is 2.37. The van der Waals surface area contributed by atoms with E-state index >= 15 is 0 Å². The molecule has 170 valence electrons. The standard InChI is InChI=1S/C24H17N3O6S/c1-25-22-17(11-18(34-22)23(31)33-12-14-7-3-2-4-8-14)21(30)27(24(25)32)13-26-19(28)15-9-5-6-10-16(15)20(26)29/h2-11H,12-13H2,1H3. The number of carbonyl (C=O) groups excluding carboxylic acids is 3. The second-order valence-electron chi connectivity index (χ2n) is 7.69. The van der Waals surface area contributed by atoms with Crippen molar-refractivity contribution in [1.82, 2.24) is 14.0 Å². The second kappa shape index (κ2) is 8.23. The maximum Gasteiger partial charge on any atom is 0.348 e. The number of thiophene rings is 1. The smallest absolute Gasteiger partial charge is 0.348 e. The van der Waals surface area contributed by atoms with Crippen LogP contribution in [-0.2, 0) is 25.1 Å². The van der Waals surface area contributed by atoms with Crippen molar-refractivity contribution in [3.63, 3.8) is 0 Å². The lowest BCUT2D eigenvalue weighted by atomic mass is 10.1. The first-order valence-corrected chi connectivity index (χ1v) is 11.1. The van der Waals surface area contributed by atoms with Crippen molar-refractivity contribution in [2.45, 2.75) is 13.3 Å². The van der Waals surface area contributed by atoms with E-state index < -0.39 is 35.7 Å². The van der Waals surface area contributed by atoms with Gasteiger partial charge in [-0.1, -0.05) is 42.5 Å². The monoisotopic (exact) mass is 475 g/mol. The minimum atomic E-state index is -0.708. The average Bonchev–Trinajstić information content (AvgIpc) is 3.41. The summed E-state index contributed by atoms with van der Waals surface area (Å²) in [5, 5.41) is 0.121. The van der Waals surface area contributed by atoms with Crippen LogP contribution < -0.4 is 11.2 Å². The molecule has 0 saturated heterocycles. The van der Waals surface area contributed by atoms with Crippen LogP contribution in [0.5, 0.6) is 0 Å². The summed E-state index contributed by atoms with van der Waals surface area (Å²) in [7, 11) is 1.46. The summed E-state index contributed by atoms with van der Waals surface area (Å²) in [5.74, 6) is -1.78. The van der Waals surface area contributed by atoms with E-state index in [4.69, 9.17) is 4.74 Å². The Morgan fingerprint density at radius 2 is 1.53 bits per heavy atom. The topological polar surface area (TPSA) is 108 Å². The molecule has 5 rings (SSSR count). The highest BCUT2D eigenvalue weighted by Gasteiger charge is 2.36. The quantitative estimate of drug-likeness (QED) is 0.324. The highest BCUT2D eigenvalue weighted by atomic mass is 32.1. The van der Waals surface area contributed by atoms with E-state index in [1.165, 1.54) is 29.8 Å². The van der Waals surface area contributed by atoms with Crippen molar-refractivity contribution in [2.24, 2.45) is 7.05 Å². The number of hydrogen-bond acceptors (Lipinski definition) is 7. The minimum absolute atomic E-state index is 0.0663. The Labute approximate surface area is 196 Å². The third-order valence-corrected chi connectivity index (χ3v) is 6.78. The molecular formula is C24H17N3O6S. The molecule has 1 aliphatic rings. The number of fused-ring (bicyclic) bond motifs is 2. The number of aromatic nitrogens is 2. The van der Waals surface area contributed by atoms with Crippen molar-refractivity contribution in [1.29, 1.82) is 0 Å². The molecule has 0 spiro atoms. The van der Waals surface area contributed by atoms with E-state index in [1.54, 1.807) is 12.1 Å². The molecular weight excluding hydrogens is 458 g/mol. The van der Waals surface area contributed by atoms with Crippen LogP contribution in [0.3, 0.4) is 0 Å². The number of esters is 1. The molecule has 0 radical (unpaired) electrons. The Morgan fingerprint density at radius 3 is 2.18 bits per heavy atom. The Balaban J connectivity index is 1.47. The number of imide groups is 1. The number of amides is 2. The van der Waals surface area contributed by atoms with Crippen LogP contribution in [0.15, 0.2) is 70.3 Å². The van der Waals surface area contributed by atoms with Gasteiger partial charge in [0.05, 0.1) is 16.5 Å². The maximum atomic E-state index is 13.1. The van der Waals surface area contributed by atoms with Gasteiger partial charge in [0.15, 0.2) is 0 Å². The summed E-state index contributed by atoms with van der Waals surface area (Å²) in [5.41, 5.74) is -0.157. The molecule has 0 aliphatic carbocycles. The van der Waals surface area contributed by atoms with Crippen molar-refractivity contribution in [3.05, 3.63) is 103 Å². The molecule has 34 heavy (non-hydrogen) atoms. The van der Waals surface area contributed by atoms with Crippen molar-refractivity contribution in [3.8, 4) is 0 Å². The summed E-state index contributed by atoms with van der Waals surface area (Å²) >= 11 is 0.965. The number of carbonyl (C=O) groups is 3. The van der Waals surface area contributed by atoms with Crippen molar-refractivity contribution in [2.75, 3.05) is 0 Å². The van der Waals surface area contributed by atoms with Gasteiger partial charge in [-0.2, -0.15) is 0 Å². The van der Waals surface area contributed by atoms with E-state index in [0.29, 0.717) is 4.83 Å². The van der Waals surface area contributed by atoms with Gasteiger partial charge in [-0.05, 0) is 23.8 Å². The fraction of sp³-hybridized carbons (Fsp3) is 0.125. The first-order chi connectivity index (χ1) is 16.4. The third-order valence-electron chi connectivity index (χ3n) is 5.59. The SMILES string of the molecule is Cn1c(=O)n(CN2C(=O)c3ccccc3C2=O)c(=O)c2cc(C(=O)OCc3ccccc3)sc21. The zero-order valence-corrected chi connectivity index (χ0v) is 18.7. The molecule has 9 nitrogen and oxygen atoms in total. The lowest BCUT2D eigenvalue weighted by Gasteiger charge is -2.16. The molecule has 0 unspecified atom stereocenters. The number of ether oxygens (including phenoxy) is 1. The highest BCUT2D eigenvalue weighted by molar-refractivity contribution is 7.20. The molecule has 0 saturated carbocycles. The van der Waals surface area contributed by atoms with E-state index in [1.807, 2.05) is 30.3 Å². The summed E-state index contributed by atoms with van der Waals surface area (Å²) < 4.78 is 7.36. The van der Waals surface area contributed by atoms with Crippen LogP contribution in [0.1, 0.15) is 36.0 Å². The lowest BCUT2D eigenvalue weighted by Crippen LogP contribution is -2.45. The molecule has 2 aromatic heterocycles. The van der Waals surface area contributed by atoms with E-state index in [-0.39, 0.29) is 28.0 Å². The van der Waals surface area contributed by atoms with Crippen LogP contribution in [0.25, 0.3) is 10.2 Å². The van der Waals surface area contributed by atoms with Crippen molar-refractivity contribution >= 4 is 39.3 Å². The molecule has 0 bridgehead atoms. The molecule has 3 heterocycles. The summed E-state index contributed by atoms with van der Waals surface area (Å²) in [6, 6.07) is 16.8. The van der Waals surface area contributed by atoms with Gasteiger partial charge < -0.3 is 4.74 Å².